The number of aromatic nitrogens is 6. The summed E-state index contributed by atoms with van der Waals surface area (Å²) in [6.45, 7) is -0.168. The van der Waals surface area contributed by atoms with Crippen LogP contribution in [0.1, 0.15) is 17.2 Å². The highest BCUT2D eigenvalue weighted by Crippen LogP contribution is 2.30. The molecule has 11 nitrogen and oxygen atoms in total. The van der Waals surface area contributed by atoms with Gasteiger partial charge in [-0.15, -0.1) is 5.10 Å². The van der Waals surface area contributed by atoms with E-state index in [1.165, 1.54) is 4.68 Å². The highest BCUT2D eigenvalue weighted by atomic mass is 32.2. The number of nitrogens with zero attached hydrogens (tertiary/aromatic N) is 6. The van der Waals surface area contributed by atoms with Crippen LogP contribution in [0.25, 0.3) is 17.5 Å². The Morgan fingerprint density at radius 1 is 1.17 bits per heavy atom. The first-order valence-electron chi connectivity index (χ1n) is 10.8. The Hall–Kier alpha value is -4.16. The van der Waals surface area contributed by atoms with Crippen molar-refractivity contribution in [2.75, 3.05) is 23.0 Å². The molecule has 1 atom stereocenters. The number of hydrogen-bond acceptors (Lipinski definition) is 10. The predicted octanol–water partition coefficient (Wildman–Crippen LogP) is 2.36. The molecule has 0 aliphatic carbocycles. The molecule has 0 fully saturated rings. The summed E-state index contributed by atoms with van der Waals surface area (Å²) in [7, 11) is -1.61. The van der Waals surface area contributed by atoms with Gasteiger partial charge in [0, 0.05) is 18.9 Å². The Bertz CT molecular complexity index is 1500. The van der Waals surface area contributed by atoms with Crippen LogP contribution >= 0.6 is 0 Å². The molecular formula is C23H22N8O3S. The summed E-state index contributed by atoms with van der Waals surface area (Å²) in [5, 5.41) is 28.1. The van der Waals surface area contributed by atoms with Gasteiger partial charge in [0.25, 0.3) is 0 Å². The molecule has 0 bridgehead atoms. The van der Waals surface area contributed by atoms with Crippen molar-refractivity contribution >= 4 is 33.4 Å². The Balaban J connectivity index is 1.50. The van der Waals surface area contributed by atoms with Crippen molar-refractivity contribution in [2.24, 2.45) is 7.05 Å². The monoisotopic (exact) mass is 490 g/mol. The van der Waals surface area contributed by atoms with Gasteiger partial charge in [0.15, 0.2) is 15.7 Å². The number of aliphatic hydroxyl groups excluding tert-OH is 1. The van der Waals surface area contributed by atoms with E-state index in [1.54, 1.807) is 43.6 Å². The summed E-state index contributed by atoms with van der Waals surface area (Å²) in [4.78, 5) is 9.34. The molecule has 0 spiro atoms. The maximum absolute atomic E-state index is 12.3. The van der Waals surface area contributed by atoms with Gasteiger partial charge in [-0.2, -0.15) is 4.98 Å². The highest BCUT2D eigenvalue weighted by Gasteiger charge is 2.21. The number of hydrogen-bond donors (Lipinski definition) is 3. The number of anilines is 3. The maximum atomic E-state index is 12.3. The summed E-state index contributed by atoms with van der Waals surface area (Å²) in [5.74, 6) is 1.15. The van der Waals surface area contributed by atoms with E-state index in [4.69, 9.17) is 0 Å². The van der Waals surface area contributed by atoms with Crippen molar-refractivity contribution in [1.29, 1.82) is 0 Å². The maximum Gasteiger partial charge on any atom is 0.229 e. The van der Waals surface area contributed by atoms with Crippen LogP contribution in [0.4, 0.5) is 17.5 Å². The quantitative estimate of drug-likeness (QED) is 0.352. The molecule has 178 valence electrons. The predicted molar refractivity (Wildman–Crippen MR) is 131 cm³/mol. The molecule has 5 rings (SSSR count). The van der Waals surface area contributed by atoms with Gasteiger partial charge in [0.05, 0.1) is 28.9 Å². The van der Waals surface area contributed by atoms with E-state index in [2.05, 4.69) is 36.1 Å². The number of rotatable bonds is 7. The second-order valence-electron chi connectivity index (χ2n) is 7.93. The number of fused-ring (bicyclic) bond motifs is 1. The van der Waals surface area contributed by atoms with E-state index in [1.807, 2.05) is 30.3 Å². The molecule has 0 unspecified atom stereocenters. The molecule has 2 aromatic heterocycles. The van der Waals surface area contributed by atoms with Crippen molar-refractivity contribution in [3.05, 3.63) is 71.9 Å². The lowest BCUT2D eigenvalue weighted by molar-refractivity contribution is 0.276. The van der Waals surface area contributed by atoms with Crippen LogP contribution in [0.3, 0.4) is 0 Å². The second kappa shape index (κ2) is 9.24. The molecule has 3 heterocycles. The molecule has 35 heavy (non-hydrogen) atoms. The van der Waals surface area contributed by atoms with E-state index < -0.39 is 15.9 Å². The third-order valence-corrected chi connectivity index (χ3v) is 7.23. The first-order chi connectivity index (χ1) is 16.9. The molecule has 3 N–H and O–H groups in total. The van der Waals surface area contributed by atoms with Crippen molar-refractivity contribution in [1.82, 2.24) is 30.2 Å². The van der Waals surface area contributed by atoms with Crippen LogP contribution in [0.5, 0.6) is 0 Å². The van der Waals surface area contributed by atoms with Crippen LogP contribution in [0.15, 0.2) is 65.7 Å². The Morgan fingerprint density at radius 3 is 2.74 bits per heavy atom. The zero-order valence-electron chi connectivity index (χ0n) is 18.7. The zero-order chi connectivity index (χ0) is 24.4. The summed E-state index contributed by atoms with van der Waals surface area (Å²) < 4.78 is 26.0. The first kappa shape index (κ1) is 22.6. The standard InChI is InChI=1S/C23H22N8O3S/c1-31-22(28-29-30-31)18-13-24-23(27-21(18)26-19(14-32)15-6-3-2-4-7-15)25-17-9-10-20-16(12-17)8-5-11-35(20,33)34/h2-10,12-13,19,32H,11,14H2,1H3,(H2,24,25,26,27)/t19-/m1/s1. The average molecular weight is 491 g/mol. The highest BCUT2D eigenvalue weighted by molar-refractivity contribution is 7.91. The molecule has 0 amide bonds. The zero-order valence-corrected chi connectivity index (χ0v) is 19.5. The third kappa shape index (κ3) is 4.61. The molecule has 12 heteroatoms. The lowest BCUT2D eigenvalue weighted by Gasteiger charge is -2.20. The van der Waals surface area contributed by atoms with Crippen molar-refractivity contribution in [3.63, 3.8) is 0 Å². The fourth-order valence-corrected chi connectivity index (χ4v) is 5.11. The van der Waals surface area contributed by atoms with Gasteiger partial charge < -0.3 is 15.7 Å². The number of sulfone groups is 1. The molecule has 0 radical (unpaired) electrons. The van der Waals surface area contributed by atoms with Gasteiger partial charge >= 0.3 is 0 Å². The SMILES string of the molecule is Cn1nnnc1-c1cnc(Nc2ccc3c(c2)C=CCS3(=O)=O)nc1N[C@H](CO)c1ccccc1. The minimum Gasteiger partial charge on any atom is -0.394 e. The Kier molecular flexibility index (Phi) is 5.97. The van der Waals surface area contributed by atoms with Gasteiger partial charge in [-0.1, -0.05) is 42.5 Å². The van der Waals surface area contributed by atoms with E-state index in [0.29, 0.717) is 33.4 Å². The van der Waals surface area contributed by atoms with E-state index >= 15 is 0 Å². The topological polar surface area (TPSA) is 148 Å². The van der Waals surface area contributed by atoms with Crippen LogP contribution < -0.4 is 10.6 Å². The van der Waals surface area contributed by atoms with Gasteiger partial charge in [0.1, 0.15) is 5.82 Å². The van der Waals surface area contributed by atoms with Crippen molar-refractivity contribution in [2.45, 2.75) is 10.9 Å². The van der Waals surface area contributed by atoms with Gasteiger partial charge in [0.2, 0.25) is 5.95 Å². The Morgan fingerprint density at radius 2 is 2.00 bits per heavy atom. The molecule has 1 aliphatic rings. The van der Waals surface area contributed by atoms with Crippen LogP contribution in [0, 0.1) is 0 Å². The first-order valence-corrected chi connectivity index (χ1v) is 12.4. The third-order valence-electron chi connectivity index (χ3n) is 5.56. The molecule has 1 aliphatic heterocycles. The summed E-state index contributed by atoms with van der Waals surface area (Å²) in [6.07, 6.45) is 5.00. The smallest absolute Gasteiger partial charge is 0.229 e. The fourth-order valence-electron chi connectivity index (χ4n) is 3.82. The molecule has 4 aromatic rings. The summed E-state index contributed by atoms with van der Waals surface area (Å²) in [5.41, 5.74) is 2.67. The number of benzene rings is 2. The van der Waals surface area contributed by atoms with Gasteiger partial charge in [-0.25, -0.2) is 18.1 Å². The van der Waals surface area contributed by atoms with E-state index in [9.17, 15) is 13.5 Å². The molecular weight excluding hydrogens is 468 g/mol. The Labute approximate surface area is 201 Å². The molecule has 0 saturated heterocycles. The van der Waals surface area contributed by atoms with Crippen LogP contribution in [-0.2, 0) is 16.9 Å². The second-order valence-corrected chi connectivity index (χ2v) is 9.94. The number of tetrazole rings is 1. The number of aryl methyl sites for hydroxylation is 1. The van der Waals surface area contributed by atoms with E-state index in [-0.39, 0.29) is 18.3 Å². The summed E-state index contributed by atoms with van der Waals surface area (Å²) in [6, 6.07) is 14.1. The van der Waals surface area contributed by atoms with Crippen molar-refractivity contribution < 1.29 is 13.5 Å². The van der Waals surface area contributed by atoms with E-state index in [0.717, 1.165) is 5.56 Å². The largest absolute Gasteiger partial charge is 0.394 e. The summed E-state index contributed by atoms with van der Waals surface area (Å²) >= 11 is 0. The number of aliphatic hydroxyl groups is 1. The van der Waals surface area contributed by atoms with Crippen LogP contribution in [-0.4, -0.2) is 56.1 Å². The van der Waals surface area contributed by atoms with Crippen molar-refractivity contribution in [3.8, 4) is 11.4 Å². The van der Waals surface area contributed by atoms with Gasteiger partial charge in [-0.3, -0.25) is 0 Å². The lowest BCUT2D eigenvalue weighted by atomic mass is 10.1. The average Bonchev–Trinajstić information content (AvgIpc) is 3.28. The lowest BCUT2D eigenvalue weighted by Crippen LogP contribution is -2.17. The minimum absolute atomic E-state index is 0.00325. The fraction of sp³-hybridized carbons (Fsp3) is 0.174. The normalized spacial score (nSPS) is 14.8. The number of nitrogens with one attached hydrogen (secondary N) is 2. The minimum atomic E-state index is -3.32. The molecule has 0 saturated carbocycles. The molecule has 2 aromatic carbocycles. The van der Waals surface area contributed by atoms with Crippen LogP contribution in [0.2, 0.25) is 0 Å². The van der Waals surface area contributed by atoms with Gasteiger partial charge in [-0.05, 0) is 39.8 Å².